The molecule has 0 aliphatic carbocycles. The first kappa shape index (κ1) is 15.7. The molecule has 0 heterocycles. The fourth-order valence-corrected chi connectivity index (χ4v) is 1.93. The summed E-state index contributed by atoms with van der Waals surface area (Å²) in [5, 5.41) is 14.6. The molecule has 0 saturated heterocycles. The highest BCUT2D eigenvalue weighted by Gasteiger charge is 2.23. The monoisotopic (exact) mass is 284 g/mol. The molecule has 2 unspecified atom stereocenters. The van der Waals surface area contributed by atoms with Gasteiger partial charge in [-0.3, -0.25) is 4.21 Å². The van der Waals surface area contributed by atoms with E-state index < -0.39 is 16.3 Å². The molecule has 19 heavy (non-hydrogen) atoms. The molecule has 0 aliphatic heterocycles. The Labute approximate surface area is 115 Å². The molecule has 5 nitrogen and oxygen atoms in total. The van der Waals surface area contributed by atoms with E-state index in [1.165, 1.54) is 0 Å². The second-order valence-electron chi connectivity index (χ2n) is 4.63. The number of rotatable bonds is 5. The number of urea groups is 1. The molecule has 2 amide bonds. The molecule has 0 radical (unpaired) electrons. The Morgan fingerprint density at radius 1 is 1.37 bits per heavy atom. The van der Waals surface area contributed by atoms with Crippen molar-refractivity contribution in [3.05, 3.63) is 24.3 Å². The van der Waals surface area contributed by atoms with Gasteiger partial charge in [-0.15, -0.1) is 0 Å². The highest BCUT2D eigenvalue weighted by molar-refractivity contribution is 7.84. The first-order chi connectivity index (χ1) is 8.90. The lowest BCUT2D eigenvalue weighted by atomic mass is 10.0. The third-order valence-corrected chi connectivity index (χ3v) is 3.92. The number of nitrogens with one attached hydrogen (secondary N) is 2. The molecule has 3 N–H and O–H groups in total. The van der Waals surface area contributed by atoms with Crippen molar-refractivity contribution in [3.8, 4) is 0 Å². The standard InChI is InChI=1S/C13H20N2O3S/c1-4-13(2,9-16)15-12(17)14-10-5-7-11(8-6-10)19(3)18/h5-8,16H,4,9H2,1-3H3,(H2,14,15,17). The Morgan fingerprint density at radius 3 is 2.37 bits per heavy atom. The summed E-state index contributed by atoms with van der Waals surface area (Å²) in [5.41, 5.74) is -0.0160. The summed E-state index contributed by atoms with van der Waals surface area (Å²) in [6.07, 6.45) is 2.23. The van der Waals surface area contributed by atoms with Crippen LogP contribution in [0.4, 0.5) is 10.5 Å². The lowest BCUT2D eigenvalue weighted by molar-refractivity contribution is 0.172. The van der Waals surface area contributed by atoms with Gasteiger partial charge in [0.15, 0.2) is 0 Å². The molecule has 0 saturated carbocycles. The molecule has 0 bridgehead atoms. The Bertz CT molecular complexity index is 455. The van der Waals surface area contributed by atoms with Crippen LogP contribution < -0.4 is 10.6 Å². The van der Waals surface area contributed by atoms with Crippen LogP contribution in [0.5, 0.6) is 0 Å². The minimum Gasteiger partial charge on any atom is -0.394 e. The van der Waals surface area contributed by atoms with Crippen molar-refractivity contribution >= 4 is 22.5 Å². The van der Waals surface area contributed by atoms with E-state index in [4.69, 9.17) is 0 Å². The van der Waals surface area contributed by atoms with Crippen molar-refractivity contribution in [2.75, 3.05) is 18.2 Å². The van der Waals surface area contributed by atoms with Crippen LogP contribution in [0.25, 0.3) is 0 Å². The van der Waals surface area contributed by atoms with Crippen molar-refractivity contribution in [2.24, 2.45) is 0 Å². The van der Waals surface area contributed by atoms with Crippen molar-refractivity contribution in [3.63, 3.8) is 0 Å². The van der Waals surface area contributed by atoms with Gasteiger partial charge in [0, 0.05) is 27.6 Å². The van der Waals surface area contributed by atoms with Crippen LogP contribution in [0.15, 0.2) is 29.2 Å². The molecule has 2 atom stereocenters. The lowest BCUT2D eigenvalue weighted by Crippen LogP contribution is -2.50. The Kier molecular flexibility index (Phi) is 5.50. The number of aliphatic hydroxyl groups is 1. The molecule has 106 valence electrons. The molecule has 6 heteroatoms. The summed E-state index contributed by atoms with van der Waals surface area (Å²) in [7, 11) is -1.03. The van der Waals surface area contributed by atoms with E-state index in [2.05, 4.69) is 10.6 Å². The Hall–Kier alpha value is -1.40. The number of carbonyl (C=O) groups is 1. The number of carbonyl (C=O) groups excluding carboxylic acids is 1. The quantitative estimate of drug-likeness (QED) is 0.770. The number of aliphatic hydroxyl groups excluding tert-OH is 1. The van der Waals surface area contributed by atoms with Crippen molar-refractivity contribution in [2.45, 2.75) is 30.7 Å². The van der Waals surface area contributed by atoms with Crippen LogP contribution in [0, 0.1) is 0 Å². The highest BCUT2D eigenvalue weighted by Crippen LogP contribution is 2.13. The summed E-state index contributed by atoms with van der Waals surface area (Å²) in [6.45, 7) is 3.54. The number of amides is 2. The zero-order chi connectivity index (χ0) is 14.5. The SMILES string of the molecule is CCC(C)(CO)NC(=O)Nc1ccc(S(C)=O)cc1. The predicted molar refractivity (Wildman–Crippen MR) is 76.7 cm³/mol. The largest absolute Gasteiger partial charge is 0.394 e. The highest BCUT2D eigenvalue weighted by atomic mass is 32.2. The summed E-state index contributed by atoms with van der Waals surface area (Å²) < 4.78 is 11.2. The second kappa shape index (κ2) is 6.68. The van der Waals surface area contributed by atoms with Gasteiger partial charge < -0.3 is 15.7 Å². The molecule has 1 rings (SSSR count). The second-order valence-corrected chi connectivity index (χ2v) is 6.01. The van der Waals surface area contributed by atoms with Crippen molar-refractivity contribution in [1.29, 1.82) is 0 Å². The smallest absolute Gasteiger partial charge is 0.319 e. The van der Waals surface area contributed by atoms with Crippen LogP contribution in [-0.2, 0) is 10.8 Å². The summed E-state index contributed by atoms with van der Waals surface area (Å²) in [4.78, 5) is 12.5. The normalized spacial score (nSPS) is 15.4. The number of hydrogen-bond donors (Lipinski definition) is 3. The van der Waals surface area contributed by atoms with Crippen LogP contribution in [0.1, 0.15) is 20.3 Å². The van der Waals surface area contributed by atoms with Gasteiger partial charge in [-0.05, 0) is 37.6 Å². The lowest BCUT2D eigenvalue weighted by Gasteiger charge is -2.27. The van der Waals surface area contributed by atoms with E-state index in [1.54, 1.807) is 37.4 Å². The van der Waals surface area contributed by atoms with E-state index in [1.807, 2.05) is 6.92 Å². The Morgan fingerprint density at radius 2 is 1.95 bits per heavy atom. The van der Waals surface area contributed by atoms with Crippen LogP contribution in [0.3, 0.4) is 0 Å². The minimum absolute atomic E-state index is 0.120. The molecule has 0 aromatic heterocycles. The van der Waals surface area contributed by atoms with E-state index in [0.29, 0.717) is 17.0 Å². The maximum absolute atomic E-state index is 11.8. The predicted octanol–water partition coefficient (Wildman–Crippen LogP) is 1.71. The summed E-state index contributed by atoms with van der Waals surface area (Å²) in [6, 6.07) is 6.42. The third-order valence-electron chi connectivity index (χ3n) is 2.99. The molecule has 1 aromatic carbocycles. The van der Waals surface area contributed by atoms with Crippen molar-refractivity contribution < 1.29 is 14.1 Å². The van der Waals surface area contributed by atoms with E-state index in [9.17, 15) is 14.1 Å². The number of hydrogen-bond acceptors (Lipinski definition) is 3. The van der Waals surface area contributed by atoms with Crippen LogP contribution in [0.2, 0.25) is 0 Å². The minimum atomic E-state index is -1.03. The van der Waals surface area contributed by atoms with Gasteiger partial charge in [0.2, 0.25) is 0 Å². The van der Waals surface area contributed by atoms with Gasteiger partial charge in [-0.2, -0.15) is 0 Å². The van der Waals surface area contributed by atoms with Gasteiger partial charge in [0.1, 0.15) is 0 Å². The summed E-state index contributed by atoms with van der Waals surface area (Å²) >= 11 is 0. The average Bonchev–Trinajstić information content (AvgIpc) is 2.39. The van der Waals surface area contributed by atoms with Crippen LogP contribution >= 0.6 is 0 Å². The third kappa shape index (κ3) is 4.65. The van der Waals surface area contributed by atoms with Crippen molar-refractivity contribution in [1.82, 2.24) is 5.32 Å². The Balaban J connectivity index is 2.64. The van der Waals surface area contributed by atoms with E-state index in [0.717, 1.165) is 0 Å². The molecule has 0 fully saturated rings. The molecule has 0 aliphatic rings. The maximum Gasteiger partial charge on any atom is 0.319 e. The zero-order valence-electron chi connectivity index (χ0n) is 11.4. The topological polar surface area (TPSA) is 78.4 Å². The van der Waals surface area contributed by atoms with Gasteiger partial charge in [0.25, 0.3) is 0 Å². The maximum atomic E-state index is 11.8. The molecular formula is C13H20N2O3S. The first-order valence-corrected chi connectivity index (χ1v) is 7.59. The first-order valence-electron chi connectivity index (χ1n) is 6.03. The fraction of sp³-hybridized carbons (Fsp3) is 0.462. The number of anilines is 1. The molecular weight excluding hydrogens is 264 g/mol. The number of benzene rings is 1. The van der Waals surface area contributed by atoms with Gasteiger partial charge in [-0.25, -0.2) is 4.79 Å². The average molecular weight is 284 g/mol. The molecule has 1 aromatic rings. The van der Waals surface area contributed by atoms with Gasteiger partial charge in [-0.1, -0.05) is 6.92 Å². The summed E-state index contributed by atoms with van der Waals surface area (Å²) in [5.74, 6) is 0. The van der Waals surface area contributed by atoms with Gasteiger partial charge >= 0.3 is 6.03 Å². The van der Waals surface area contributed by atoms with Gasteiger partial charge in [0.05, 0.1) is 12.1 Å². The fourth-order valence-electron chi connectivity index (χ4n) is 1.41. The van der Waals surface area contributed by atoms with E-state index in [-0.39, 0.29) is 12.6 Å². The molecule has 0 spiro atoms. The van der Waals surface area contributed by atoms with E-state index >= 15 is 0 Å². The van der Waals surface area contributed by atoms with Crippen LogP contribution in [-0.4, -0.2) is 33.7 Å². The zero-order valence-corrected chi connectivity index (χ0v) is 12.2.